The highest BCUT2D eigenvalue weighted by molar-refractivity contribution is 5.95. The standard InChI is InChI=1S/C8H9NO4/c1-9-8(12)5-2-3-13-6(5)4-7(10)11/h2-3H,4H2,1H3,(H,9,12)(H,10,11). The summed E-state index contributed by atoms with van der Waals surface area (Å²) in [5.74, 6) is -1.20. The van der Waals surface area contributed by atoms with E-state index in [0.717, 1.165) is 0 Å². The monoisotopic (exact) mass is 183 g/mol. The highest BCUT2D eigenvalue weighted by Crippen LogP contribution is 2.10. The molecule has 1 heterocycles. The molecule has 70 valence electrons. The fourth-order valence-electron chi connectivity index (χ4n) is 0.952. The highest BCUT2D eigenvalue weighted by Gasteiger charge is 2.15. The van der Waals surface area contributed by atoms with Gasteiger partial charge in [0.2, 0.25) is 0 Å². The minimum atomic E-state index is -1.03. The van der Waals surface area contributed by atoms with Gasteiger partial charge in [-0.2, -0.15) is 0 Å². The molecule has 5 heteroatoms. The topological polar surface area (TPSA) is 79.5 Å². The molecule has 0 aliphatic heterocycles. The molecule has 0 fully saturated rings. The number of hydrogen-bond donors (Lipinski definition) is 2. The van der Waals surface area contributed by atoms with E-state index in [9.17, 15) is 9.59 Å². The smallest absolute Gasteiger partial charge is 0.311 e. The van der Waals surface area contributed by atoms with Gasteiger partial charge in [0.25, 0.3) is 5.91 Å². The Labute approximate surface area is 74.4 Å². The van der Waals surface area contributed by atoms with Gasteiger partial charge in [0.05, 0.1) is 11.8 Å². The van der Waals surface area contributed by atoms with Gasteiger partial charge in [-0.3, -0.25) is 9.59 Å². The number of rotatable bonds is 3. The third-order valence-electron chi connectivity index (χ3n) is 1.53. The van der Waals surface area contributed by atoms with Crippen LogP contribution >= 0.6 is 0 Å². The van der Waals surface area contributed by atoms with Crippen LogP contribution in [0.2, 0.25) is 0 Å². The van der Waals surface area contributed by atoms with Crippen LogP contribution in [0.15, 0.2) is 16.7 Å². The Balaban J connectivity index is 2.89. The highest BCUT2D eigenvalue weighted by atomic mass is 16.4. The Kier molecular flexibility index (Phi) is 2.69. The molecular formula is C8H9NO4. The summed E-state index contributed by atoms with van der Waals surface area (Å²) >= 11 is 0. The SMILES string of the molecule is CNC(=O)c1ccoc1CC(=O)O. The number of furan rings is 1. The normalized spacial score (nSPS) is 9.62. The van der Waals surface area contributed by atoms with Gasteiger partial charge in [-0.05, 0) is 6.07 Å². The summed E-state index contributed by atoms with van der Waals surface area (Å²) < 4.78 is 4.86. The number of hydrogen-bond acceptors (Lipinski definition) is 3. The number of carboxylic acid groups (broad SMARTS) is 1. The molecule has 0 atom stereocenters. The fourth-order valence-corrected chi connectivity index (χ4v) is 0.952. The number of nitrogens with one attached hydrogen (secondary N) is 1. The predicted molar refractivity (Wildman–Crippen MR) is 43.4 cm³/mol. The molecule has 0 saturated carbocycles. The molecule has 0 unspecified atom stereocenters. The van der Waals surface area contributed by atoms with Gasteiger partial charge < -0.3 is 14.8 Å². The largest absolute Gasteiger partial charge is 0.481 e. The zero-order chi connectivity index (χ0) is 9.84. The molecule has 1 aromatic heterocycles. The van der Waals surface area contributed by atoms with E-state index < -0.39 is 5.97 Å². The van der Waals surface area contributed by atoms with Crippen molar-refractivity contribution in [2.45, 2.75) is 6.42 Å². The number of carbonyl (C=O) groups is 2. The summed E-state index contributed by atoms with van der Waals surface area (Å²) in [5, 5.41) is 10.9. The first-order chi connectivity index (χ1) is 6.15. The first-order valence-corrected chi connectivity index (χ1v) is 3.65. The molecule has 0 spiro atoms. The Morgan fingerprint density at radius 2 is 2.31 bits per heavy atom. The lowest BCUT2D eigenvalue weighted by molar-refractivity contribution is -0.136. The van der Waals surface area contributed by atoms with Crippen LogP contribution in [0.3, 0.4) is 0 Å². The lowest BCUT2D eigenvalue weighted by Gasteiger charge is -1.97. The maximum Gasteiger partial charge on any atom is 0.311 e. The van der Waals surface area contributed by atoms with Crippen molar-refractivity contribution in [2.75, 3.05) is 7.05 Å². The Hall–Kier alpha value is -1.78. The molecule has 0 aliphatic rings. The van der Waals surface area contributed by atoms with Gasteiger partial charge in [-0.25, -0.2) is 0 Å². The van der Waals surface area contributed by atoms with Crippen LogP contribution in [0.5, 0.6) is 0 Å². The zero-order valence-corrected chi connectivity index (χ0v) is 7.03. The van der Waals surface area contributed by atoms with Gasteiger partial charge in [0, 0.05) is 7.05 Å². The molecule has 1 rings (SSSR count). The van der Waals surface area contributed by atoms with Gasteiger partial charge >= 0.3 is 5.97 Å². The quantitative estimate of drug-likeness (QED) is 0.704. The molecule has 1 amide bonds. The van der Waals surface area contributed by atoms with Crippen molar-refractivity contribution < 1.29 is 19.1 Å². The molecule has 1 aromatic rings. The maximum atomic E-state index is 11.1. The van der Waals surface area contributed by atoms with Crippen LogP contribution in [-0.4, -0.2) is 24.0 Å². The Bertz CT molecular complexity index is 329. The summed E-state index contributed by atoms with van der Waals surface area (Å²) in [6.45, 7) is 0. The summed E-state index contributed by atoms with van der Waals surface area (Å²) in [5.41, 5.74) is 0.268. The van der Waals surface area contributed by atoms with Crippen LogP contribution in [0.4, 0.5) is 0 Å². The van der Waals surface area contributed by atoms with Crippen LogP contribution in [0, 0.1) is 0 Å². The lowest BCUT2D eigenvalue weighted by Crippen LogP contribution is -2.19. The second kappa shape index (κ2) is 3.75. The third kappa shape index (κ3) is 2.08. The second-order valence-corrected chi connectivity index (χ2v) is 2.41. The summed E-state index contributed by atoms with van der Waals surface area (Å²) in [4.78, 5) is 21.5. The molecule has 0 aliphatic carbocycles. The van der Waals surface area contributed by atoms with E-state index in [-0.39, 0.29) is 23.7 Å². The van der Waals surface area contributed by atoms with Gasteiger partial charge in [0.1, 0.15) is 12.2 Å². The second-order valence-electron chi connectivity index (χ2n) is 2.41. The van der Waals surface area contributed by atoms with E-state index in [4.69, 9.17) is 9.52 Å². The molecule has 2 N–H and O–H groups in total. The van der Waals surface area contributed by atoms with E-state index in [1.165, 1.54) is 19.4 Å². The molecule has 0 saturated heterocycles. The van der Waals surface area contributed by atoms with Crippen LogP contribution < -0.4 is 5.32 Å². The molecular weight excluding hydrogens is 174 g/mol. The first-order valence-electron chi connectivity index (χ1n) is 3.65. The zero-order valence-electron chi connectivity index (χ0n) is 7.03. The average molecular weight is 183 g/mol. The Morgan fingerprint density at radius 3 is 2.85 bits per heavy atom. The first kappa shape index (κ1) is 9.31. The fraction of sp³-hybridized carbons (Fsp3) is 0.250. The van der Waals surface area contributed by atoms with Crippen molar-refractivity contribution in [1.82, 2.24) is 5.32 Å². The van der Waals surface area contributed by atoms with Crippen LogP contribution in [0.1, 0.15) is 16.1 Å². The third-order valence-corrected chi connectivity index (χ3v) is 1.53. The number of amides is 1. The van der Waals surface area contributed by atoms with Gasteiger partial charge in [0.15, 0.2) is 0 Å². The van der Waals surface area contributed by atoms with Crippen molar-refractivity contribution in [3.05, 3.63) is 23.7 Å². The van der Waals surface area contributed by atoms with Crippen molar-refractivity contribution in [3.63, 3.8) is 0 Å². The molecule has 0 radical (unpaired) electrons. The maximum absolute atomic E-state index is 11.1. The van der Waals surface area contributed by atoms with Crippen molar-refractivity contribution in [3.8, 4) is 0 Å². The van der Waals surface area contributed by atoms with Crippen molar-refractivity contribution in [1.29, 1.82) is 0 Å². The van der Waals surface area contributed by atoms with Gasteiger partial charge in [-0.15, -0.1) is 0 Å². The van der Waals surface area contributed by atoms with E-state index in [0.29, 0.717) is 0 Å². The average Bonchev–Trinajstić information content (AvgIpc) is 2.50. The van der Waals surface area contributed by atoms with Crippen molar-refractivity contribution in [2.24, 2.45) is 0 Å². The lowest BCUT2D eigenvalue weighted by atomic mass is 10.2. The number of carbonyl (C=O) groups excluding carboxylic acids is 1. The van der Waals surface area contributed by atoms with Crippen molar-refractivity contribution >= 4 is 11.9 Å². The van der Waals surface area contributed by atoms with E-state index in [1.54, 1.807) is 0 Å². The molecule has 13 heavy (non-hydrogen) atoms. The predicted octanol–water partition coefficient (Wildman–Crippen LogP) is 0.266. The van der Waals surface area contributed by atoms with Gasteiger partial charge in [-0.1, -0.05) is 0 Å². The van der Waals surface area contributed by atoms with E-state index >= 15 is 0 Å². The molecule has 0 bridgehead atoms. The summed E-state index contributed by atoms with van der Waals surface area (Å²) in [6, 6.07) is 1.44. The minimum Gasteiger partial charge on any atom is -0.481 e. The van der Waals surface area contributed by atoms with E-state index in [1.807, 2.05) is 0 Å². The minimum absolute atomic E-state index is 0.173. The number of aliphatic carboxylic acids is 1. The summed E-state index contributed by atoms with van der Waals surface area (Å²) in [6.07, 6.45) is 1.01. The van der Waals surface area contributed by atoms with Crippen LogP contribution in [-0.2, 0) is 11.2 Å². The number of carboxylic acids is 1. The summed E-state index contributed by atoms with van der Waals surface area (Å²) in [7, 11) is 1.47. The molecule has 5 nitrogen and oxygen atoms in total. The van der Waals surface area contributed by atoms with E-state index in [2.05, 4.69) is 5.32 Å². The van der Waals surface area contributed by atoms with Crippen LogP contribution in [0.25, 0.3) is 0 Å². The Morgan fingerprint density at radius 1 is 1.62 bits per heavy atom. The molecule has 0 aromatic carbocycles.